The Morgan fingerprint density at radius 1 is 1.05 bits per heavy atom. The topological polar surface area (TPSA) is 24.1 Å². The maximum absolute atomic E-state index is 14.1. The minimum absolute atomic E-state index is 0.126. The Balaban J connectivity index is 3.18. The first-order valence-electron chi connectivity index (χ1n) is 6.48. The van der Waals surface area contributed by atoms with Gasteiger partial charge < -0.3 is 0 Å². The van der Waals surface area contributed by atoms with E-state index in [1.54, 1.807) is 14.0 Å². The first kappa shape index (κ1) is 18.7. The van der Waals surface area contributed by atoms with E-state index in [-0.39, 0.29) is 10.3 Å². The van der Waals surface area contributed by atoms with E-state index in [0.29, 0.717) is 17.9 Å². The standard InChI is InChI=1S/C14H21F3N2S2/c1-13(2,3)21-19-14(4,8-20-18-5)12-10(16)6-9(15)7-11(12)17/h6-7,18-19H,8H2,1-5H3. The third-order valence-electron chi connectivity index (χ3n) is 2.65. The van der Waals surface area contributed by atoms with Crippen LogP contribution in [0.2, 0.25) is 0 Å². The Labute approximate surface area is 132 Å². The Kier molecular flexibility index (Phi) is 6.46. The largest absolute Gasteiger partial charge is 0.267 e. The van der Waals surface area contributed by atoms with Crippen LogP contribution in [0.4, 0.5) is 13.2 Å². The van der Waals surface area contributed by atoms with Gasteiger partial charge in [0.05, 0.1) is 5.54 Å². The van der Waals surface area contributed by atoms with E-state index in [1.807, 2.05) is 20.8 Å². The molecule has 0 aliphatic heterocycles. The molecule has 1 atom stereocenters. The van der Waals surface area contributed by atoms with E-state index < -0.39 is 23.0 Å². The SMILES string of the molecule is CNSCC(C)(NSC(C)(C)C)c1c(F)cc(F)cc1F. The van der Waals surface area contributed by atoms with Gasteiger partial charge >= 0.3 is 0 Å². The van der Waals surface area contributed by atoms with Crippen LogP contribution >= 0.6 is 23.9 Å². The lowest BCUT2D eigenvalue weighted by Crippen LogP contribution is -2.42. The molecular formula is C14H21F3N2S2. The molecule has 7 heteroatoms. The van der Waals surface area contributed by atoms with Crippen molar-refractivity contribution in [1.29, 1.82) is 0 Å². The molecule has 0 aliphatic carbocycles. The number of hydrogen-bond acceptors (Lipinski definition) is 4. The van der Waals surface area contributed by atoms with Gasteiger partial charge in [0, 0.05) is 28.2 Å². The predicted molar refractivity (Wildman–Crippen MR) is 85.7 cm³/mol. The van der Waals surface area contributed by atoms with E-state index in [1.165, 1.54) is 23.9 Å². The van der Waals surface area contributed by atoms with E-state index in [0.717, 1.165) is 0 Å². The lowest BCUT2D eigenvalue weighted by molar-refractivity contribution is 0.431. The molecular weight excluding hydrogens is 317 g/mol. The Morgan fingerprint density at radius 2 is 1.57 bits per heavy atom. The lowest BCUT2D eigenvalue weighted by atomic mass is 9.94. The van der Waals surface area contributed by atoms with Crippen molar-refractivity contribution in [3.8, 4) is 0 Å². The molecule has 0 heterocycles. The summed E-state index contributed by atoms with van der Waals surface area (Å²) in [6.45, 7) is 7.69. The van der Waals surface area contributed by atoms with Gasteiger partial charge in [-0.05, 0) is 34.7 Å². The summed E-state index contributed by atoms with van der Waals surface area (Å²) >= 11 is 2.72. The highest BCUT2D eigenvalue weighted by Crippen LogP contribution is 2.34. The summed E-state index contributed by atoms with van der Waals surface area (Å²) in [6, 6.07) is 1.42. The molecule has 0 aromatic heterocycles. The summed E-state index contributed by atoms with van der Waals surface area (Å²) in [5, 5.41) is 0. The summed E-state index contributed by atoms with van der Waals surface area (Å²) in [5.74, 6) is -2.30. The molecule has 0 radical (unpaired) electrons. The molecule has 21 heavy (non-hydrogen) atoms. The number of halogens is 3. The molecule has 2 nitrogen and oxygen atoms in total. The highest BCUT2D eigenvalue weighted by atomic mass is 32.2. The summed E-state index contributed by atoms with van der Waals surface area (Å²) in [7, 11) is 1.74. The predicted octanol–water partition coefficient (Wildman–Crippen LogP) is 4.22. The molecule has 2 N–H and O–H groups in total. The molecule has 1 unspecified atom stereocenters. The van der Waals surface area contributed by atoms with Gasteiger partial charge in [-0.25, -0.2) is 13.2 Å². The zero-order valence-electron chi connectivity index (χ0n) is 12.8. The molecule has 0 fully saturated rings. The molecule has 0 saturated heterocycles. The number of rotatable bonds is 6. The summed E-state index contributed by atoms with van der Waals surface area (Å²) in [4.78, 5) is 0. The van der Waals surface area contributed by atoms with Crippen LogP contribution < -0.4 is 9.44 Å². The van der Waals surface area contributed by atoms with Gasteiger partial charge in [-0.1, -0.05) is 23.9 Å². The highest BCUT2D eigenvalue weighted by molar-refractivity contribution is 7.99. The molecule has 0 spiro atoms. The van der Waals surface area contributed by atoms with Crippen LogP contribution in [0.1, 0.15) is 33.3 Å². The zero-order valence-corrected chi connectivity index (χ0v) is 14.4. The lowest BCUT2D eigenvalue weighted by Gasteiger charge is -2.34. The summed E-state index contributed by atoms with van der Waals surface area (Å²) in [6.07, 6.45) is 0. The monoisotopic (exact) mass is 338 g/mol. The maximum atomic E-state index is 14.1. The fourth-order valence-corrected chi connectivity index (χ4v) is 3.15. The Hall–Kier alpha value is -0.370. The first-order chi connectivity index (χ1) is 9.59. The molecule has 1 rings (SSSR count). The average Bonchev–Trinajstić information content (AvgIpc) is 2.32. The molecule has 1 aromatic carbocycles. The van der Waals surface area contributed by atoms with Gasteiger partial charge in [0.15, 0.2) is 0 Å². The molecule has 1 aromatic rings. The number of benzene rings is 1. The molecule has 120 valence electrons. The average molecular weight is 338 g/mol. The van der Waals surface area contributed by atoms with Crippen molar-refractivity contribution in [2.45, 2.75) is 38.0 Å². The molecule has 0 bridgehead atoms. The second-order valence-electron chi connectivity index (χ2n) is 5.89. The number of hydrogen-bond donors (Lipinski definition) is 2. The second kappa shape index (κ2) is 7.26. The normalized spacial score (nSPS) is 15.0. The fraction of sp³-hybridized carbons (Fsp3) is 0.571. The second-order valence-corrected chi connectivity index (χ2v) is 8.50. The van der Waals surface area contributed by atoms with E-state index >= 15 is 0 Å². The zero-order chi connectivity index (χ0) is 16.3. The van der Waals surface area contributed by atoms with Crippen LogP contribution in [0.5, 0.6) is 0 Å². The van der Waals surface area contributed by atoms with Crippen molar-refractivity contribution in [2.75, 3.05) is 12.8 Å². The quantitative estimate of drug-likeness (QED) is 0.758. The maximum Gasteiger partial charge on any atom is 0.134 e. The van der Waals surface area contributed by atoms with Crippen LogP contribution in [0.3, 0.4) is 0 Å². The van der Waals surface area contributed by atoms with Crippen molar-refractivity contribution in [3.63, 3.8) is 0 Å². The van der Waals surface area contributed by atoms with Crippen molar-refractivity contribution in [1.82, 2.24) is 9.44 Å². The third kappa shape index (κ3) is 5.39. The van der Waals surface area contributed by atoms with E-state index in [4.69, 9.17) is 0 Å². The van der Waals surface area contributed by atoms with Gasteiger partial charge in [-0.3, -0.25) is 9.44 Å². The molecule has 0 aliphatic rings. The summed E-state index contributed by atoms with van der Waals surface area (Å²) in [5.41, 5.74) is -1.13. The molecule has 0 amide bonds. The van der Waals surface area contributed by atoms with Crippen LogP contribution in [0, 0.1) is 17.5 Å². The highest BCUT2D eigenvalue weighted by Gasteiger charge is 2.34. The molecule has 0 saturated carbocycles. The van der Waals surface area contributed by atoms with Crippen LogP contribution in [-0.4, -0.2) is 17.5 Å². The Bertz CT molecular complexity index is 469. The third-order valence-corrected chi connectivity index (χ3v) is 4.82. The fourth-order valence-electron chi connectivity index (χ4n) is 1.70. The Morgan fingerprint density at radius 3 is 2.00 bits per heavy atom. The van der Waals surface area contributed by atoms with Gasteiger partial charge in [-0.15, -0.1) is 0 Å². The van der Waals surface area contributed by atoms with Gasteiger partial charge in [0.2, 0.25) is 0 Å². The van der Waals surface area contributed by atoms with E-state index in [9.17, 15) is 13.2 Å². The first-order valence-corrected chi connectivity index (χ1v) is 8.28. The van der Waals surface area contributed by atoms with Crippen molar-refractivity contribution < 1.29 is 13.2 Å². The smallest absolute Gasteiger partial charge is 0.134 e. The van der Waals surface area contributed by atoms with Crippen molar-refractivity contribution in [2.24, 2.45) is 0 Å². The summed E-state index contributed by atoms with van der Waals surface area (Å²) < 4.78 is 47.2. The van der Waals surface area contributed by atoms with Crippen LogP contribution in [0.15, 0.2) is 12.1 Å². The van der Waals surface area contributed by atoms with Gasteiger partial charge in [-0.2, -0.15) is 0 Å². The minimum atomic E-state index is -0.979. The van der Waals surface area contributed by atoms with E-state index in [2.05, 4.69) is 9.44 Å². The minimum Gasteiger partial charge on any atom is -0.267 e. The van der Waals surface area contributed by atoms with Crippen LogP contribution in [0.25, 0.3) is 0 Å². The van der Waals surface area contributed by atoms with Gasteiger partial charge in [0.1, 0.15) is 17.5 Å². The van der Waals surface area contributed by atoms with Crippen molar-refractivity contribution >= 4 is 23.9 Å². The number of nitrogens with one attached hydrogen (secondary N) is 2. The van der Waals surface area contributed by atoms with Crippen LogP contribution in [-0.2, 0) is 5.54 Å². The van der Waals surface area contributed by atoms with Gasteiger partial charge in [0.25, 0.3) is 0 Å². The van der Waals surface area contributed by atoms with Crippen molar-refractivity contribution in [3.05, 3.63) is 35.1 Å².